The molecule has 0 fully saturated rings. The monoisotopic (exact) mass is 212 g/mol. The highest BCUT2D eigenvalue weighted by Crippen LogP contribution is 2.40. The third-order valence-corrected chi connectivity index (χ3v) is 6.29. The summed E-state index contributed by atoms with van der Waals surface area (Å²) < 4.78 is 0. The first-order valence-corrected chi connectivity index (χ1v) is 9.41. The standard InChI is InChI=1S/C12H24OSi/c1-14(2,3)12-9-5-4-7-11(12)8-6-10-13/h4,7,11-13H,5-6,8-10H2,1-3H3. The lowest BCUT2D eigenvalue weighted by atomic mass is 9.91. The maximum Gasteiger partial charge on any atom is 0.0479 e. The summed E-state index contributed by atoms with van der Waals surface area (Å²) in [5, 5.41) is 8.87. The summed E-state index contributed by atoms with van der Waals surface area (Å²) in [5.41, 5.74) is 0.930. The van der Waals surface area contributed by atoms with Crippen LogP contribution in [0.5, 0.6) is 0 Å². The van der Waals surface area contributed by atoms with Gasteiger partial charge in [0.05, 0.1) is 0 Å². The quantitative estimate of drug-likeness (QED) is 0.559. The molecule has 82 valence electrons. The SMILES string of the molecule is C[Si](C)(C)C1CCC=CC1CCCO. The van der Waals surface area contributed by atoms with Gasteiger partial charge in [-0.3, -0.25) is 0 Å². The molecule has 2 heteroatoms. The zero-order valence-electron chi connectivity index (χ0n) is 9.79. The summed E-state index contributed by atoms with van der Waals surface area (Å²) in [6.07, 6.45) is 9.53. The largest absolute Gasteiger partial charge is 0.396 e. The molecule has 2 unspecified atom stereocenters. The Balaban J connectivity index is 2.58. The molecule has 1 aliphatic carbocycles. The summed E-state index contributed by atoms with van der Waals surface area (Å²) >= 11 is 0. The van der Waals surface area contributed by atoms with Crippen LogP contribution >= 0.6 is 0 Å². The molecule has 1 N–H and O–H groups in total. The molecule has 0 aromatic carbocycles. The second-order valence-electron chi connectivity index (χ2n) is 5.51. The van der Waals surface area contributed by atoms with Gasteiger partial charge in [0.15, 0.2) is 0 Å². The number of aliphatic hydroxyl groups excluding tert-OH is 1. The smallest absolute Gasteiger partial charge is 0.0479 e. The number of hydrogen-bond acceptors (Lipinski definition) is 1. The normalized spacial score (nSPS) is 28.0. The van der Waals surface area contributed by atoms with Gasteiger partial charge in [0.2, 0.25) is 0 Å². The van der Waals surface area contributed by atoms with Crippen LogP contribution in [0.1, 0.15) is 25.7 Å². The molecule has 0 radical (unpaired) electrons. The van der Waals surface area contributed by atoms with Crippen LogP contribution in [0.25, 0.3) is 0 Å². The van der Waals surface area contributed by atoms with E-state index in [4.69, 9.17) is 5.11 Å². The number of rotatable bonds is 4. The van der Waals surface area contributed by atoms with Crippen molar-refractivity contribution in [1.82, 2.24) is 0 Å². The fraction of sp³-hybridized carbons (Fsp3) is 0.833. The van der Waals surface area contributed by atoms with E-state index >= 15 is 0 Å². The molecule has 0 aromatic rings. The van der Waals surface area contributed by atoms with Crippen molar-refractivity contribution in [2.45, 2.75) is 50.9 Å². The molecular formula is C12H24OSi. The molecule has 0 bridgehead atoms. The van der Waals surface area contributed by atoms with Crippen molar-refractivity contribution in [3.8, 4) is 0 Å². The third kappa shape index (κ3) is 3.25. The van der Waals surface area contributed by atoms with Gasteiger partial charge in [-0.25, -0.2) is 0 Å². The third-order valence-electron chi connectivity index (χ3n) is 3.35. The first-order valence-electron chi connectivity index (χ1n) is 5.83. The van der Waals surface area contributed by atoms with Crippen molar-refractivity contribution >= 4 is 8.07 Å². The van der Waals surface area contributed by atoms with Gasteiger partial charge in [-0.05, 0) is 37.1 Å². The maximum absolute atomic E-state index is 8.87. The minimum atomic E-state index is -1.00. The predicted octanol–water partition coefficient (Wildman–Crippen LogP) is 3.43. The molecule has 1 aliphatic rings. The Morgan fingerprint density at radius 3 is 2.64 bits per heavy atom. The fourth-order valence-corrected chi connectivity index (χ4v) is 5.19. The van der Waals surface area contributed by atoms with E-state index in [1.54, 1.807) is 0 Å². The lowest BCUT2D eigenvalue weighted by Crippen LogP contribution is -2.34. The molecule has 0 amide bonds. The van der Waals surface area contributed by atoms with E-state index in [0.29, 0.717) is 6.61 Å². The van der Waals surface area contributed by atoms with Crippen LogP contribution < -0.4 is 0 Å². The van der Waals surface area contributed by atoms with Crippen molar-refractivity contribution in [1.29, 1.82) is 0 Å². The van der Waals surface area contributed by atoms with Gasteiger partial charge in [-0.15, -0.1) is 0 Å². The highest BCUT2D eigenvalue weighted by molar-refractivity contribution is 6.77. The Hall–Kier alpha value is -0.0831. The Labute approximate surface area is 89.2 Å². The number of allylic oxidation sites excluding steroid dienone is 2. The van der Waals surface area contributed by atoms with Crippen LogP contribution in [0.4, 0.5) is 0 Å². The van der Waals surface area contributed by atoms with Gasteiger partial charge in [-0.2, -0.15) is 0 Å². The first kappa shape index (κ1) is 12.0. The molecular weight excluding hydrogens is 188 g/mol. The van der Waals surface area contributed by atoms with Crippen LogP contribution in [0.3, 0.4) is 0 Å². The van der Waals surface area contributed by atoms with E-state index in [9.17, 15) is 0 Å². The summed E-state index contributed by atoms with van der Waals surface area (Å²) in [4.78, 5) is 0. The van der Waals surface area contributed by atoms with Gasteiger partial charge < -0.3 is 5.11 Å². The highest BCUT2D eigenvalue weighted by atomic mass is 28.3. The lowest BCUT2D eigenvalue weighted by Gasteiger charge is -2.36. The Morgan fingerprint density at radius 1 is 1.36 bits per heavy atom. The molecule has 0 aromatic heterocycles. The second-order valence-corrected chi connectivity index (χ2v) is 11.0. The Bertz CT molecular complexity index is 193. The maximum atomic E-state index is 8.87. The van der Waals surface area contributed by atoms with Crippen molar-refractivity contribution in [2.75, 3.05) is 6.61 Å². The van der Waals surface area contributed by atoms with E-state index in [-0.39, 0.29) is 0 Å². The van der Waals surface area contributed by atoms with Gasteiger partial charge in [0, 0.05) is 14.7 Å². The van der Waals surface area contributed by atoms with Crippen molar-refractivity contribution in [3.63, 3.8) is 0 Å². The van der Waals surface area contributed by atoms with E-state index in [1.165, 1.54) is 19.3 Å². The Kier molecular flexibility index (Phi) is 4.39. The highest BCUT2D eigenvalue weighted by Gasteiger charge is 2.32. The zero-order chi connectivity index (χ0) is 10.6. The van der Waals surface area contributed by atoms with Crippen LogP contribution in [0.2, 0.25) is 25.2 Å². The lowest BCUT2D eigenvalue weighted by molar-refractivity contribution is 0.274. The number of aliphatic hydroxyl groups is 1. The molecule has 0 saturated heterocycles. The van der Waals surface area contributed by atoms with E-state index < -0.39 is 8.07 Å². The molecule has 0 aliphatic heterocycles. The molecule has 1 nitrogen and oxygen atoms in total. The van der Waals surface area contributed by atoms with Gasteiger partial charge in [-0.1, -0.05) is 31.8 Å². The fourth-order valence-electron chi connectivity index (χ4n) is 2.59. The molecule has 14 heavy (non-hydrogen) atoms. The zero-order valence-corrected chi connectivity index (χ0v) is 10.8. The average Bonchev–Trinajstić information content (AvgIpc) is 2.14. The topological polar surface area (TPSA) is 20.2 Å². The average molecular weight is 212 g/mol. The minimum Gasteiger partial charge on any atom is -0.396 e. The molecule has 1 rings (SSSR count). The number of hydrogen-bond donors (Lipinski definition) is 1. The van der Waals surface area contributed by atoms with Crippen LogP contribution in [0, 0.1) is 5.92 Å². The van der Waals surface area contributed by atoms with Gasteiger partial charge >= 0.3 is 0 Å². The summed E-state index contributed by atoms with van der Waals surface area (Å²) in [5.74, 6) is 0.752. The van der Waals surface area contributed by atoms with Crippen molar-refractivity contribution in [2.24, 2.45) is 5.92 Å². The van der Waals surface area contributed by atoms with Gasteiger partial charge in [0.1, 0.15) is 0 Å². The minimum absolute atomic E-state index is 0.350. The first-order chi connectivity index (χ1) is 6.55. The van der Waals surface area contributed by atoms with Crippen LogP contribution in [0.15, 0.2) is 12.2 Å². The molecule has 0 heterocycles. The van der Waals surface area contributed by atoms with E-state index in [0.717, 1.165) is 17.9 Å². The van der Waals surface area contributed by atoms with Crippen molar-refractivity contribution < 1.29 is 5.11 Å². The molecule has 2 atom stereocenters. The Morgan fingerprint density at radius 2 is 2.07 bits per heavy atom. The van der Waals surface area contributed by atoms with Crippen LogP contribution in [-0.2, 0) is 0 Å². The predicted molar refractivity (Wildman–Crippen MR) is 65.3 cm³/mol. The summed E-state index contributed by atoms with van der Waals surface area (Å²) in [6, 6.07) is 0. The molecule has 0 saturated carbocycles. The van der Waals surface area contributed by atoms with E-state index in [2.05, 4.69) is 31.8 Å². The van der Waals surface area contributed by atoms with Crippen LogP contribution in [-0.4, -0.2) is 19.8 Å². The van der Waals surface area contributed by atoms with Gasteiger partial charge in [0.25, 0.3) is 0 Å². The summed E-state index contributed by atoms with van der Waals surface area (Å²) in [6.45, 7) is 7.77. The van der Waals surface area contributed by atoms with E-state index in [1.807, 2.05) is 0 Å². The summed E-state index contributed by atoms with van der Waals surface area (Å²) in [7, 11) is -1.00. The second kappa shape index (κ2) is 5.13. The van der Waals surface area contributed by atoms with Crippen molar-refractivity contribution in [3.05, 3.63) is 12.2 Å². The molecule has 0 spiro atoms.